The molecule has 1 rings (SSSR count). The fraction of sp³-hybridized carbons (Fsp3) is 0.500. The molecule has 0 aromatic heterocycles. The van der Waals surface area contributed by atoms with Gasteiger partial charge in [-0.1, -0.05) is 19.4 Å². The Morgan fingerprint density at radius 3 is 2.48 bits per heavy atom. The standard InChI is InChI=1S/C16H25N3O2/c1-4-8-14(17)15(20)18-13-10-7-9-12(11-13)16(21)19(5-2)6-3/h7,9-11,14H,4-6,8,17H2,1-3H3,(H,18,20)/t14-/m1/s1. The maximum absolute atomic E-state index is 12.3. The van der Waals surface area contributed by atoms with Crippen LogP contribution < -0.4 is 11.1 Å². The summed E-state index contributed by atoms with van der Waals surface area (Å²) >= 11 is 0. The molecule has 5 heteroatoms. The minimum atomic E-state index is -0.517. The van der Waals surface area contributed by atoms with E-state index in [1.165, 1.54) is 0 Å². The van der Waals surface area contributed by atoms with E-state index in [0.29, 0.717) is 30.8 Å². The molecule has 0 saturated carbocycles. The van der Waals surface area contributed by atoms with Crippen molar-refractivity contribution in [2.45, 2.75) is 39.7 Å². The second kappa shape index (κ2) is 8.42. The number of rotatable bonds is 7. The van der Waals surface area contributed by atoms with E-state index in [-0.39, 0.29) is 11.8 Å². The molecule has 0 radical (unpaired) electrons. The number of nitrogens with two attached hydrogens (primary N) is 1. The maximum atomic E-state index is 12.3. The lowest BCUT2D eigenvalue weighted by Crippen LogP contribution is -2.35. The van der Waals surface area contributed by atoms with E-state index in [1.54, 1.807) is 29.2 Å². The highest BCUT2D eigenvalue weighted by molar-refractivity contribution is 5.98. The Hall–Kier alpha value is -1.88. The number of carbonyl (C=O) groups excluding carboxylic acids is 2. The molecular formula is C16H25N3O2. The van der Waals surface area contributed by atoms with Crippen molar-refractivity contribution in [3.8, 4) is 0 Å². The number of benzene rings is 1. The van der Waals surface area contributed by atoms with Crippen LogP contribution in [0.15, 0.2) is 24.3 Å². The second-order valence-electron chi connectivity index (χ2n) is 4.94. The monoisotopic (exact) mass is 291 g/mol. The third kappa shape index (κ3) is 4.86. The maximum Gasteiger partial charge on any atom is 0.253 e. The van der Waals surface area contributed by atoms with Crippen LogP contribution in [-0.4, -0.2) is 35.8 Å². The predicted octanol–water partition coefficient (Wildman–Crippen LogP) is 2.23. The molecule has 21 heavy (non-hydrogen) atoms. The Labute approximate surface area is 126 Å². The van der Waals surface area contributed by atoms with E-state index >= 15 is 0 Å². The van der Waals surface area contributed by atoms with Crippen molar-refractivity contribution in [3.05, 3.63) is 29.8 Å². The molecule has 1 aromatic rings. The van der Waals surface area contributed by atoms with Gasteiger partial charge in [-0.15, -0.1) is 0 Å². The fourth-order valence-electron chi connectivity index (χ4n) is 2.10. The Balaban J connectivity index is 2.81. The molecule has 1 aromatic carbocycles. The van der Waals surface area contributed by atoms with Crippen LogP contribution in [0.5, 0.6) is 0 Å². The van der Waals surface area contributed by atoms with E-state index in [1.807, 2.05) is 20.8 Å². The summed E-state index contributed by atoms with van der Waals surface area (Å²) in [4.78, 5) is 25.9. The average molecular weight is 291 g/mol. The number of nitrogens with one attached hydrogen (secondary N) is 1. The van der Waals surface area contributed by atoms with Crippen LogP contribution in [0.2, 0.25) is 0 Å². The Bertz CT molecular complexity index is 484. The Kier molecular flexibility index (Phi) is 6.88. The Morgan fingerprint density at radius 1 is 1.24 bits per heavy atom. The average Bonchev–Trinajstić information content (AvgIpc) is 2.48. The van der Waals surface area contributed by atoms with Gasteiger partial charge in [-0.25, -0.2) is 0 Å². The molecule has 0 spiro atoms. The summed E-state index contributed by atoms with van der Waals surface area (Å²) in [6.07, 6.45) is 1.50. The summed E-state index contributed by atoms with van der Waals surface area (Å²) in [6.45, 7) is 7.19. The minimum Gasteiger partial charge on any atom is -0.339 e. The highest BCUT2D eigenvalue weighted by atomic mass is 16.2. The molecule has 0 fully saturated rings. The smallest absolute Gasteiger partial charge is 0.253 e. The molecule has 116 valence electrons. The topological polar surface area (TPSA) is 75.4 Å². The van der Waals surface area contributed by atoms with Gasteiger partial charge in [-0.3, -0.25) is 9.59 Å². The van der Waals surface area contributed by atoms with Crippen molar-refractivity contribution < 1.29 is 9.59 Å². The van der Waals surface area contributed by atoms with E-state index < -0.39 is 6.04 Å². The zero-order valence-electron chi connectivity index (χ0n) is 13.1. The number of nitrogens with zero attached hydrogens (tertiary/aromatic N) is 1. The van der Waals surface area contributed by atoms with Crippen LogP contribution >= 0.6 is 0 Å². The van der Waals surface area contributed by atoms with Gasteiger partial charge < -0.3 is 16.0 Å². The van der Waals surface area contributed by atoms with Crippen molar-refractivity contribution in [3.63, 3.8) is 0 Å². The molecule has 0 heterocycles. The van der Waals surface area contributed by atoms with Gasteiger partial charge in [-0.05, 0) is 38.5 Å². The summed E-state index contributed by atoms with van der Waals surface area (Å²) in [5, 5.41) is 2.76. The second-order valence-corrected chi connectivity index (χ2v) is 4.94. The molecule has 0 aliphatic heterocycles. The lowest BCUT2D eigenvalue weighted by Gasteiger charge is -2.19. The highest BCUT2D eigenvalue weighted by Gasteiger charge is 2.15. The quantitative estimate of drug-likeness (QED) is 0.809. The fourth-order valence-corrected chi connectivity index (χ4v) is 2.10. The molecule has 0 saturated heterocycles. The van der Waals surface area contributed by atoms with Gasteiger partial charge in [0, 0.05) is 24.3 Å². The molecule has 3 N–H and O–H groups in total. The molecule has 5 nitrogen and oxygen atoms in total. The molecule has 1 atom stereocenters. The largest absolute Gasteiger partial charge is 0.339 e. The van der Waals surface area contributed by atoms with Crippen molar-refractivity contribution in [2.24, 2.45) is 5.73 Å². The first-order chi connectivity index (χ1) is 10.0. The summed E-state index contributed by atoms with van der Waals surface area (Å²) in [7, 11) is 0. The predicted molar refractivity (Wildman–Crippen MR) is 85.2 cm³/mol. The zero-order chi connectivity index (χ0) is 15.8. The first-order valence-corrected chi connectivity index (χ1v) is 7.49. The third-order valence-corrected chi connectivity index (χ3v) is 3.36. The molecule has 2 amide bonds. The van der Waals surface area contributed by atoms with Crippen molar-refractivity contribution in [2.75, 3.05) is 18.4 Å². The number of anilines is 1. The lowest BCUT2D eigenvalue weighted by atomic mass is 10.1. The van der Waals surface area contributed by atoms with Crippen molar-refractivity contribution in [1.82, 2.24) is 4.90 Å². The minimum absolute atomic E-state index is 0.0334. The molecule has 0 aliphatic carbocycles. The van der Waals surface area contributed by atoms with Crippen molar-refractivity contribution >= 4 is 17.5 Å². The summed E-state index contributed by atoms with van der Waals surface area (Å²) in [5.74, 6) is -0.252. The van der Waals surface area contributed by atoms with Gasteiger partial charge >= 0.3 is 0 Å². The number of hydrogen-bond donors (Lipinski definition) is 2. The van der Waals surface area contributed by atoms with Crippen LogP contribution in [0, 0.1) is 0 Å². The molecular weight excluding hydrogens is 266 g/mol. The van der Waals surface area contributed by atoms with E-state index in [4.69, 9.17) is 5.73 Å². The zero-order valence-corrected chi connectivity index (χ0v) is 13.1. The summed E-state index contributed by atoms with van der Waals surface area (Å²) in [5.41, 5.74) is 6.95. The first-order valence-electron chi connectivity index (χ1n) is 7.49. The van der Waals surface area contributed by atoms with Gasteiger partial charge in [0.1, 0.15) is 0 Å². The number of hydrogen-bond acceptors (Lipinski definition) is 3. The SMILES string of the molecule is CCC[C@@H](N)C(=O)Nc1cccc(C(=O)N(CC)CC)c1. The van der Waals surface area contributed by atoms with Crippen LogP contribution in [0.25, 0.3) is 0 Å². The van der Waals surface area contributed by atoms with Crippen LogP contribution in [-0.2, 0) is 4.79 Å². The van der Waals surface area contributed by atoms with Gasteiger partial charge in [-0.2, -0.15) is 0 Å². The normalized spacial score (nSPS) is 11.8. The summed E-state index contributed by atoms with van der Waals surface area (Å²) < 4.78 is 0. The van der Waals surface area contributed by atoms with E-state index in [0.717, 1.165) is 6.42 Å². The number of carbonyl (C=O) groups is 2. The Morgan fingerprint density at radius 2 is 1.90 bits per heavy atom. The molecule has 0 bridgehead atoms. The van der Waals surface area contributed by atoms with Gasteiger partial charge in [0.25, 0.3) is 5.91 Å². The molecule has 0 unspecified atom stereocenters. The first kappa shape index (κ1) is 17.2. The lowest BCUT2D eigenvalue weighted by molar-refractivity contribution is -0.117. The highest BCUT2D eigenvalue weighted by Crippen LogP contribution is 2.13. The van der Waals surface area contributed by atoms with E-state index in [9.17, 15) is 9.59 Å². The van der Waals surface area contributed by atoms with Gasteiger partial charge in [0.05, 0.1) is 6.04 Å². The molecule has 0 aliphatic rings. The van der Waals surface area contributed by atoms with Crippen LogP contribution in [0.4, 0.5) is 5.69 Å². The summed E-state index contributed by atoms with van der Waals surface area (Å²) in [6, 6.07) is 6.45. The van der Waals surface area contributed by atoms with Gasteiger partial charge in [0.2, 0.25) is 5.91 Å². The van der Waals surface area contributed by atoms with Crippen LogP contribution in [0.1, 0.15) is 44.0 Å². The van der Waals surface area contributed by atoms with E-state index in [2.05, 4.69) is 5.32 Å². The van der Waals surface area contributed by atoms with Crippen LogP contribution in [0.3, 0.4) is 0 Å². The number of amides is 2. The third-order valence-electron chi connectivity index (χ3n) is 3.36. The van der Waals surface area contributed by atoms with Crippen molar-refractivity contribution in [1.29, 1.82) is 0 Å². The van der Waals surface area contributed by atoms with Gasteiger partial charge in [0.15, 0.2) is 0 Å².